The van der Waals surface area contributed by atoms with Crippen molar-refractivity contribution in [1.29, 1.82) is 0 Å². The lowest BCUT2D eigenvalue weighted by Gasteiger charge is -2.24. The van der Waals surface area contributed by atoms with Crippen LogP contribution in [0.4, 0.5) is 0 Å². The van der Waals surface area contributed by atoms with E-state index in [0.717, 1.165) is 12.0 Å². The number of nitrogens with zero attached hydrogens (tertiary/aromatic N) is 2. The standard InChI is InChI=1S/C19H22N4O2/c20-16-8-10-23(13-16)19(25)17(11-14-5-2-1-3-6-14)22-18(24)15-7-4-9-21-12-15/h1-7,9,12,16-17H,8,10-11,13,20H2,(H,22,24)/t16-,17?/m1/s1. The molecule has 0 saturated carbocycles. The van der Waals surface area contributed by atoms with E-state index in [0.29, 0.717) is 25.1 Å². The van der Waals surface area contributed by atoms with Gasteiger partial charge in [0.15, 0.2) is 0 Å². The topological polar surface area (TPSA) is 88.3 Å². The molecule has 3 rings (SSSR count). The second-order valence-corrected chi connectivity index (χ2v) is 6.29. The molecule has 1 aromatic carbocycles. The summed E-state index contributed by atoms with van der Waals surface area (Å²) in [6, 6.07) is 12.4. The van der Waals surface area contributed by atoms with Gasteiger partial charge in [-0.1, -0.05) is 30.3 Å². The second kappa shape index (κ2) is 7.90. The molecule has 2 atom stereocenters. The number of carbonyl (C=O) groups excluding carboxylic acids is 2. The van der Waals surface area contributed by atoms with Gasteiger partial charge in [-0.2, -0.15) is 0 Å². The monoisotopic (exact) mass is 338 g/mol. The van der Waals surface area contributed by atoms with Crippen molar-refractivity contribution in [3.05, 3.63) is 66.0 Å². The zero-order valence-electron chi connectivity index (χ0n) is 14.0. The Kier molecular flexibility index (Phi) is 5.40. The van der Waals surface area contributed by atoms with Crippen LogP contribution in [0.2, 0.25) is 0 Å². The molecule has 1 aliphatic heterocycles. The van der Waals surface area contributed by atoms with E-state index in [4.69, 9.17) is 5.73 Å². The molecule has 130 valence electrons. The lowest BCUT2D eigenvalue weighted by Crippen LogP contribution is -2.49. The summed E-state index contributed by atoms with van der Waals surface area (Å²) in [5.41, 5.74) is 7.35. The maximum atomic E-state index is 12.9. The number of hydrogen-bond acceptors (Lipinski definition) is 4. The Morgan fingerprint density at radius 2 is 2.04 bits per heavy atom. The van der Waals surface area contributed by atoms with E-state index in [-0.39, 0.29) is 17.9 Å². The number of nitrogens with one attached hydrogen (secondary N) is 1. The van der Waals surface area contributed by atoms with Crippen LogP contribution in [0.3, 0.4) is 0 Å². The third-order valence-corrected chi connectivity index (χ3v) is 4.35. The number of rotatable bonds is 5. The van der Waals surface area contributed by atoms with Gasteiger partial charge in [-0.3, -0.25) is 14.6 Å². The zero-order chi connectivity index (χ0) is 17.6. The first-order chi connectivity index (χ1) is 12.1. The highest BCUT2D eigenvalue weighted by molar-refractivity contribution is 5.97. The Morgan fingerprint density at radius 1 is 1.24 bits per heavy atom. The summed E-state index contributed by atoms with van der Waals surface area (Å²) in [5, 5.41) is 2.86. The normalized spacial score (nSPS) is 18.0. The lowest BCUT2D eigenvalue weighted by atomic mass is 10.0. The van der Waals surface area contributed by atoms with Crippen molar-refractivity contribution in [2.24, 2.45) is 5.73 Å². The number of amides is 2. The van der Waals surface area contributed by atoms with Gasteiger partial charge in [-0.25, -0.2) is 0 Å². The van der Waals surface area contributed by atoms with Gasteiger partial charge in [-0.05, 0) is 24.1 Å². The van der Waals surface area contributed by atoms with Crippen molar-refractivity contribution >= 4 is 11.8 Å². The quantitative estimate of drug-likeness (QED) is 0.851. The predicted octanol–water partition coefficient (Wildman–Crippen LogP) is 0.982. The third kappa shape index (κ3) is 4.42. The van der Waals surface area contributed by atoms with E-state index in [1.807, 2.05) is 30.3 Å². The van der Waals surface area contributed by atoms with Crippen molar-refractivity contribution in [2.75, 3.05) is 13.1 Å². The van der Waals surface area contributed by atoms with Crippen LogP contribution in [0.25, 0.3) is 0 Å². The largest absolute Gasteiger partial charge is 0.340 e. The minimum absolute atomic E-state index is 0.00958. The summed E-state index contributed by atoms with van der Waals surface area (Å²) in [6.07, 6.45) is 4.33. The summed E-state index contributed by atoms with van der Waals surface area (Å²) < 4.78 is 0. The summed E-state index contributed by atoms with van der Waals surface area (Å²) in [4.78, 5) is 31.1. The average molecular weight is 338 g/mol. The Morgan fingerprint density at radius 3 is 2.68 bits per heavy atom. The number of nitrogens with two attached hydrogens (primary N) is 1. The van der Waals surface area contributed by atoms with E-state index in [1.54, 1.807) is 23.2 Å². The number of likely N-dealkylation sites (tertiary alicyclic amines) is 1. The minimum Gasteiger partial charge on any atom is -0.340 e. The fourth-order valence-corrected chi connectivity index (χ4v) is 3.00. The van der Waals surface area contributed by atoms with Gasteiger partial charge in [-0.15, -0.1) is 0 Å². The number of benzene rings is 1. The predicted molar refractivity (Wildman–Crippen MR) is 94.8 cm³/mol. The summed E-state index contributed by atoms with van der Waals surface area (Å²) >= 11 is 0. The maximum Gasteiger partial charge on any atom is 0.253 e. The maximum absolute atomic E-state index is 12.9. The molecule has 1 aromatic heterocycles. The van der Waals surface area contributed by atoms with E-state index in [2.05, 4.69) is 10.3 Å². The number of carbonyl (C=O) groups is 2. The molecule has 0 spiro atoms. The molecule has 0 radical (unpaired) electrons. The molecule has 25 heavy (non-hydrogen) atoms. The Hall–Kier alpha value is -2.73. The molecule has 2 aromatic rings. The van der Waals surface area contributed by atoms with Crippen molar-refractivity contribution in [3.8, 4) is 0 Å². The van der Waals surface area contributed by atoms with E-state index < -0.39 is 6.04 Å². The molecule has 2 amide bonds. The van der Waals surface area contributed by atoms with Gasteiger partial charge in [0.2, 0.25) is 5.91 Å². The van der Waals surface area contributed by atoms with E-state index in [9.17, 15) is 9.59 Å². The van der Waals surface area contributed by atoms with Crippen molar-refractivity contribution in [3.63, 3.8) is 0 Å². The van der Waals surface area contributed by atoms with Gasteiger partial charge in [0.05, 0.1) is 5.56 Å². The van der Waals surface area contributed by atoms with Gasteiger partial charge in [0, 0.05) is 37.9 Å². The second-order valence-electron chi connectivity index (χ2n) is 6.29. The minimum atomic E-state index is -0.625. The van der Waals surface area contributed by atoms with Gasteiger partial charge in [0.25, 0.3) is 5.91 Å². The Bertz CT molecular complexity index is 721. The third-order valence-electron chi connectivity index (χ3n) is 4.35. The van der Waals surface area contributed by atoms with Crippen LogP contribution in [0, 0.1) is 0 Å². The smallest absolute Gasteiger partial charge is 0.253 e. The molecule has 0 bridgehead atoms. The molecule has 1 saturated heterocycles. The highest BCUT2D eigenvalue weighted by atomic mass is 16.2. The highest BCUT2D eigenvalue weighted by Gasteiger charge is 2.30. The van der Waals surface area contributed by atoms with Gasteiger partial charge < -0.3 is 16.0 Å². The Labute approximate surface area is 147 Å². The molecule has 0 aliphatic carbocycles. The van der Waals surface area contributed by atoms with E-state index >= 15 is 0 Å². The molecule has 1 aliphatic rings. The average Bonchev–Trinajstić information content (AvgIpc) is 3.08. The number of hydrogen-bond donors (Lipinski definition) is 2. The van der Waals surface area contributed by atoms with Crippen LogP contribution in [-0.4, -0.2) is 46.9 Å². The van der Waals surface area contributed by atoms with Crippen molar-refractivity contribution in [2.45, 2.75) is 24.9 Å². The first-order valence-corrected chi connectivity index (χ1v) is 8.42. The molecular weight excluding hydrogens is 316 g/mol. The molecular formula is C19H22N4O2. The van der Waals surface area contributed by atoms with E-state index in [1.165, 1.54) is 6.20 Å². The molecule has 1 unspecified atom stereocenters. The number of pyridine rings is 1. The fraction of sp³-hybridized carbons (Fsp3) is 0.316. The molecule has 2 heterocycles. The summed E-state index contributed by atoms with van der Waals surface area (Å²) in [7, 11) is 0. The Balaban J connectivity index is 1.76. The molecule has 6 heteroatoms. The first kappa shape index (κ1) is 17.1. The van der Waals surface area contributed by atoms with Crippen LogP contribution in [0.5, 0.6) is 0 Å². The van der Waals surface area contributed by atoms with Crippen LogP contribution in [-0.2, 0) is 11.2 Å². The van der Waals surface area contributed by atoms with Crippen LogP contribution >= 0.6 is 0 Å². The SMILES string of the molecule is N[C@@H]1CCN(C(=O)C(Cc2ccccc2)NC(=O)c2cccnc2)C1. The molecule has 1 fully saturated rings. The van der Waals surface area contributed by atoms with Crippen LogP contribution < -0.4 is 11.1 Å². The van der Waals surface area contributed by atoms with Gasteiger partial charge in [0.1, 0.15) is 6.04 Å². The lowest BCUT2D eigenvalue weighted by molar-refractivity contribution is -0.132. The van der Waals surface area contributed by atoms with Crippen LogP contribution in [0.15, 0.2) is 54.9 Å². The van der Waals surface area contributed by atoms with Gasteiger partial charge >= 0.3 is 0 Å². The molecule has 6 nitrogen and oxygen atoms in total. The molecule has 3 N–H and O–H groups in total. The zero-order valence-corrected chi connectivity index (χ0v) is 14.0. The number of aromatic nitrogens is 1. The fourth-order valence-electron chi connectivity index (χ4n) is 3.00. The summed E-state index contributed by atoms with van der Waals surface area (Å²) in [6.45, 7) is 1.17. The summed E-state index contributed by atoms with van der Waals surface area (Å²) in [5.74, 6) is -0.389. The van der Waals surface area contributed by atoms with Crippen molar-refractivity contribution < 1.29 is 9.59 Å². The highest BCUT2D eigenvalue weighted by Crippen LogP contribution is 2.12. The van der Waals surface area contributed by atoms with Crippen LogP contribution in [0.1, 0.15) is 22.3 Å². The van der Waals surface area contributed by atoms with Crippen molar-refractivity contribution in [1.82, 2.24) is 15.2 Å². The first-order valence-electron chi connectivity index (χ1n) is 8.42.